The minimum absolute atomic E-state index is 0. The van der Waals surface area contributed by atoms with Gasteiger partial charge in [0.1, 0.15) is 11.5 Å². The van der Waals surface area contributed by atoms with Crippen molar-refractivity contribution in [3.63, 3.8) is 0 Å². The summed E-state index contributed by atoms with van der Waals surface area (Å²) in [5.41, 5.74) is 0.701. The molecule has 1 heterocycles. The Kier molecular flexibility index (Phi) is 6.61. The van der Waals surface area contributed by atoms with Crippen molar-refractivity contribution < 1.29 is 14.3 Å². The zero-order chi connectivity index (χ0) is 13.7. The quantitative estimate of drug-likeness (QED) is 0.893. The maximum absolute atomic E-state index is 12.1. The van der Waals surface area contributed by atoms with Crippen molar-refractivity contribution in [2.75, 3.05) is 32.6 Å². The second-order valence-corrected chi connectivity index (χ2v) is 4.63. The van der Waals surface area contributed by atoms with Crippen LogP contribution >= 0.6 is 12.4 Å². The summed E-state index contributed by atoms with van der Waals surface area (Å²) >= 11 is 0. The molecule has 0 saturated carbocycles. The molecule has 1 aliphatic rings. The van der Waals surface area contributed by atoms with Crippen molar-refractivity contribution in [2.24, 2.45) is 5.92 Å². The number of carbonyl (C=O) groups is 1. The fourth-order valence-corrected chi connectivity index (χ4v) is 2.20. The first-order valence-electron chi connectivity index (χ1n) is 6.47. The van der Waals surface area contributed by atoms with E-state index in [2.05, 4.69) is 10.6 Å². The van der Waals surface area contributed by atoms with Gasteiger partial charge < -0.3 is 20.1 Å². The Hall–Kier alpha value is -1.46. The third kappa shape index (κ3) is 4.28. The topological polar surface area (TPSA) is 59.6 Å². The van der Waals surface area contributed by atoms with E-state index in [-0.39, 0.29) is 24.2 Å². The van der Waals surface area contributed by atoms with Crippen LogP contribution in [-0.2, 0) is 4.79 Å². The Morgan fingerprint density at radius 3 is 2.40 bits per heavy atom. The predicted molar refractivity (Wildman–Crippen MR) is 81.0 cm³/mol. The number of hydrogen-bond acceptors (Lipinski definition) is 4. The van der Waals surface area contributed by atoms with Crippen LogP contribution in [-0.4, -0.2) is 33.2 Å². The number of amides is 1. The van der Waals surface area contributed by atoms with E-state index in [0.717, 1.165) is 25.9 Å². The van der Waals surface area contributed by atoms with Crippen LogP contribution in [0.1, 0.15) is 12.8 Å². The fraction of sp³-hybridized carbons (Fsp3) is 0.500. The number of hydrogen-bond donors (Lipinski definition) is 2. The van der Waals surface area contributed by atoms with Gasteiger partial charge in [0.15, 0.2) is 0 Å². The second kappa shape index (κ2) is 7.97. The summed E-state index contributed by atoms with van der Waals surface area (Å²) in [7, 11) is 3.18. The van der Waals surface area contributed by atoms with E-state index in [4.69, 9.17) is 9.47 Å². The highest BCUT2D eigenvalue weighted by atomic mass is 35.5. The van der Waals surface area contributed by atoms with Crippen LogP contribution in [0.15, 0.2) is 18.2 Å². The van der Waals surface area contributed by atoms with E-state index < -0.39 is 0 Å². The SMILES string of the molecule is COc1cc(NC(=O)[C@@H]2CCCNC2)cc(OC)c1.Cl. The molecule has 0 aromatic heterocycles. The molecule has 1 aromatic carbocycles. The molecule has 0 bridgehead atoms. The highest BCUT2D eigenvalue weighted by Crippen LogP contribution is 2.26. The number of carbonyl (C=O) groups excluding carboxylic acids is 1. The molecule has 1 amide bonds. The lowest BCUT2D eigenvalue weighted by atomic mass is 9.99. The van der Waals surface area contributed by atoms with Gasteiger partial charge >= 0.3 is 0 Å². The highest BCUT2D eigenvalue weighted by molar-refractivity contribution is 5.93. The van der Waals surface area contributed by atoms with Crippen molar-refractivity contribution in [1.82, 2.24) is 5.32 Å². The minimum atomic E-state index is 0. The molecule has 112 valence electrons. The molecule has 1 aromatic rings. The molecule has 0 aliphatic carbocycles. The molecule has 20 heavy (non-hydrogen) atoms. The van der Waals surface area contributed by atoms with Crippen molar-refractivity contribution in [1.29, 1.82) is 0 Å². The molecular weight excluding hydrogens is 280 g/mol. The molecule has 1 saturated heterocycles. The molecule has 1 aliphatic heterocycles. The van der Waals surface area contributed by atoms with Crippen LogP contribution < -0.4 is 20.1 Å². The Labute approximate surface area is 125 Å². The van der Waals surface area contributed by atoms with Crippen LogP contribution in [0.4, 0.5) is 5.69 Å². The average molecular weight is 301 g/mol. The molecule has 1 fully saturated rings. The molecule has 0 radical (unpaired) electrons. The fourth-order valence-electron chi connectivity index (χ4n) is 2.20. The van der Waals surface area contributed by atoms with Crippen LogP contribution in [0.3, 0.4) is 0 Å². The summed E-state index contributed by atoms with van der Waals surface area (Å²) in [4.78, 5) is 12.1. The van der Waals surface area contributed by atoms with Crippen LogP contribution in [0, 0.1) is 5.92 Å². The van der Waals surface area contributed by atoms with Crippen LogP contribution in [0.25, 0.3) is 0 Å². The summed E-state index contributed by atoms with van der Waals surface area (Å²) < 4.78 is 10.4. The van der Waals surface area contributed by atoms with Gasteiger partial charge in [0.25, 0.3) is 0 Å². The van der Waals surface area contributed by atoms with Crippen molar-refractivity contribution in [3.8, 4) is 11.5 Å². The van der Waals surface area contributed by atoms with Gasteiger partial charge in [0.2, 0.25) is 5.91 Å². The number of halogens is 1. The summed E-state index contributed by atoms with van der Waals surface area (Å²) in [5, 5.41) is 6.16. The number of piperidine rings is 1. The first kappa shape index (κ1) is 16.6. The minimum Gasteiger partial charge on any atom is -0.497 e. The normalized spacial score (nSPS) is 17.8. The largest absolute Gasteiger partial charge is 0.497 e. The third-order valence-electron chi connectivity index (χ3n) is 3.29. The van der Waals surface area contributed by atoms with E-state index in [0.29, 0.717) is 17.2 Å². The standard InChI is InChI=1S/C14H20N2O3.ClH/c1-18-12-6-11(7-13(8-12)19-2)16-14(17)10-4-3-5-15-9-10;/h6-8,10,15H,3-5,9H2,1-2H3,(H,16,17);1H/t10-;/m1./s1. The van der Waals surface area contributed by atoms with E-state index in [1.54, 1.807) is 32.4 Å². The lowest BCUT2D eigenvalue weighted by Crippen LogP contribution is -2.37. The van der Waals surface area contributed by atoms with E-state index in [1.165, 1.54) is 0 Å². The smallest absolute Gasteiger partial charge is 0.228 e. The van der Waals surface area contributed by atoms with Crippen molar-refractivity contribution in [3.05, 3.63) is 18.2 Å². The van der Waals surface area contributed by atoms with E-state index >= 15 is 0 Å². The molecule has 0 spiro atoms. The highest BCUT2D eigenvalue weighted by Gasteiger charge is 2.21. The Morgan fingerprint density at radius 2 is 1.90 bits per heavy atom. The summed E-state index contributed by atoms with van der Waals surface area (Å²) in [5.74, 6) is 1.40. The van der Waals surface area contributed by atoms with Gasteiger partial charge in [-0.1, -0.05) is 0 Å². The number of nitrogens with one attached hydrogen (secondary N) is 2. The van der Waals surface area contributed by atoms with Crippen LogP contribution in [0.2, 0.25) is 0 Å². The van der Waals surface area contributed by atoms with Gasteiger partial charge in [-0.05, 0) is 19.4 Å². The maximum atomic E-state index is 12.1. The summed E-state index contributed by atoms with van der Waals surface area (Å²) in [6.45, 7) is 1.74. The summed E-state index contributed by atoms with van der Waals surface area (Å²) in [6.07, 6.45) is 1.97. The first-order valence-corrected chi connectivity index (χ1v) is 6.47. The van der Waals surface area contributed by atoms with Crippen LogP contribution in [0.5, 0.6) is 11.5 Å². The van der Waals surface area contributed by atoms with Gasteiger partial charge in [0, 0.05) is 30.4 Å². The number of rotatable bonds is 4. The molecule has 5 nitrogen and oxygen atoms in total. The van der Waals surface area contributed by atoms with E-state index in [1.807, 2.05) is 0 Å². The maximum Gasteiger partial charge on any atom is 0.228 e. The Balaban J connectivity index is 0.00000200. The molecule has 0 unspecified atom stereocenters. The van der Waals surface area contributed by atoms with Gasteiger partial charge in [-0.15, -0.1) is 12.4 Å². The predicted octanol–water partition coefficient (Wildman–Crippen LogP) is 2.06. The Bertz CT molecular complexity index is 426. The first-order chi connectivity index (χ1) is 9.22. The molecule has 2 N–H and O–H groups in total. The van der Waals surface area contributed by atoms with Gasteiger partial charge in [0.05, 0.1) is 20.1 Å². The lowest BCUT2D eigenvalue weighted by molar-refractivity contribution is -0.120. The van der Waals surface area contributed by atoms with E-state index in [9.17, 15) is 4.79 Å². The zero-order valence-electron chi connectivity index (χ0n) is 11.8. The average Bonchev–Trinajstić information content (AvgIpc) is 2.47. The summed E-state index contributed by atoms with van der Waals surface area (Å²) in [6, 6.07) is 5.35. The number of ether oxygens (including phenoxy) is 2. The van der Waals surface area contributed by atoms with Gasteiger partial charge in [-0.25, -0.2) is 0 Å². The molecular formula is C14H21ClN2O3. The Morgan fingerprint density at radius 1 is 1.25 bits per heavy atom. The number of anilines is 1. The van der Waals surface area contributed by atoms with Crippen molar-refractivity contribution in [2.45, 2.75) is 12.8 Å². The van der Waals surface area contributed by atoms with Gasteiger partial charge in [-0.2, -0.15) is 0 Å². The second-order valence-electron chi connectivity index (χ2n) is 4.63. The molecule has 1 atom stereocenters. The van der Waals surface area contributed by atoms with Crippen molar-refractivity contribution >= 4 is 24.0 Å². The molecule has 2 rings (SSSR count). The number of benzene rings is 1. The monoisotopic (exact) mass is 300 g/mol. The number of methoxy groups -OCH3 is 2. The van der Waals surface area contributed by atoms with Gasteiger partial charge in [-0.3, -0.25) is 4.79 Å². The lowest BCUT2D eigenvalue weighted by Gasteiger charge is -2.22. The molecule has 6 heteroatoms. The third-order valence-corrected chi connectivity index (χ3v) is 3.29. The zero-order valence-corrected chi connectivity index (χ0v) is 12.6.